The summed E-state index contributed by atoms with van der Waals surface area (Å²) in [6, 6.07) is 0. The van der Waals surface area contributed by atoms with Crippen LogP contribution in [0.5, 0.6) is 0 Å². The Labute approximate surface area is 191 Å². The van der Waals surface area contributed by atoms with Crippen LogP contribution in [-0.2, 0) is 17.8 Å². The molecular weight excluding hydrogens is 485 g/mol. The molecule has 1 aromatic heterocycles. The largest absolute Gasteiger partial charge is 0.444 e. The molecule has 0 unspecified atom stereocenters. The predicted octanol–water partition coefficient (Wildman–Crippen LogP) is 3.05. The summed E-state index contributed by atoms with van der Waals surface area (Å²) < 4.78 is 7.39. The second kappa shape index (κ2) is 12.9. The molecule has 29 heavy (non-hydrogen) atoms. The fourth-order valence-electron chi connectivity index (χ4n) is 2.65. The molecule has 0 aromatic carbocycles. The van der Waals surface area contributed by atoms with Gasteiger partial charge in [0.1, 0.15) is 18.5 Å². The van der Waals surface area contributed by atoms with Crippen LogP contribution in [-0.4, -0.2) is 51.0 Å². The third-order valence-electron chi connectivity index (χ3n) is 4.47. The zero-order valence-corrected chi connectivity index (χ0v) is 21.2. The number of aromatic nitrogens is 3. The fourth-order valence-corrected chi connectivity index (χ4v) is 2.65. The van der Waals surface area contributed by atoms with Crippen molar-refractivity contribution in [1.29, 1.82) is 0 Å². The topological polar surface area (TPSA) is 105 Å². The summed E-state index contributed by atoms with van der Waals surface area (Å²) in [5, 5.41) is 17.7. The molecule has 0 aliphatic rings. The van der Waals surface area contributed by atoms with Crippen molar-refractivity contribution in [3.05, 3.63) is 12.2 Å². The Balaban J connectivity index is 0.00000784. The van der Waals surface area contributed by atoms with Crippen LogP contribution in [0.3, 0.4) is 0 Å². The Hall–Kier alpha value is -1.59. The van der Waals surface area contributed by atoms with Crippen LogP contribution in [0.1, 0.15) is 67.1 Å². The zero-order chi connectivity index (χ0) is 21.2. The molecular formula is C19H38IN7O2. The number of carbonyl (C=O) groups is 1. The van der Waals surface area contributed by atoms with Crippen molar-refractivity contribution in [2.75, 3.05) is 13.1 Å². The van der Waals surface area contributed by atoms with Crippen molar-refractivity contribution in [1.82, 2.24) is 30.7 Å². The smallest absolute Gasteiger partial charge is 0.408 e. The van der Waals surface area contributed by atoms with Gasteiger partial charge in [-0.3, -0.25) is 0 Å². The van der Waals surface area contributed by atoms with Crippen LogP contribution in [0.2, 0.25) is 0 Å². The second-order valence-electron chi connectivity index (χ2n) is 7.70. The highest BCUT2D eigenvalue weighted by molar-refractivity contribution is 14.0. The second-order valence-corrected chi connectivity index (χ2v) is 7.70. The highest BCUT2D eigenvalue weighted by atomic mass is 127. The van der Waals surface area contributed by atoms with E-state index in [-0.39, 0.29) is 24.0 Å². The van der Waals surface area contributed by atoms with Gasteiger partial charge in [0, 0.05) is 19.6 Å². The van der Waals surface area contributed by atoms with Crippen LogP contribution in [0.15, 0.2) is 11.3 Å². The molecule has 0 saturated heterocycles. The molecule has 1 rings (SSSR count). The van der Waals surface area contributed by atoms with E-state index in [1.807, 2.05) is 39.2 Å². The number of rotatable bonds is 9. The molecule has 168 valence electrons. The molecule has 1 amide bonds. The first kappa shape index (κ1) is 27.4. The van der Waals surface area contributed by atoms with Gasteiger partial charge in [0.25, 0.3) is 0 Å². The molecule has 0 spiro atoms. The number of amides is 1. The minimum atomic E-state index is -0.531. The highest BCUT2D eigenvalue weighted by Gasteiger charge is 2.30. The number of aryl methyl sites for hydroxylation is 1. The molecule has 0 atom stereocenters. The summed E-state index contributed by atoms with van der Waals surface area (Å²) in [4.78, 5) is 16.9. The standard InChI is InChI=1S/C19H37N7O2.HI/c1-8-19(9-2,24-17(27)28-18(5,6)7)13-22-16(20-10-3)21-12-15-25-23-14-26(15)11-4;/h14H,8-13H2,1-7H3,(H,24,27)(H2,20,21,22);1H. The van der Waals surface area contributed by atoms with Crippen LogP contribution in [0.25, 0.3) is 0 Å². The third kappa shape index (κ3) is 9.64. The summed E-state index contributed by atoms with van der Waals surface area (Å²) >= 11 is 0. The molecule has 9 nitrogen and oxygen atoms in total. The Kier molecular flexibility index (Phi) is 12.2. The van der Waals surface area contributed by atoms with E-state index in [4.69, 9.17) is 4.74 Å². The third-order valence-corrected chi connectivity index (χ3v) is 4.47. The van der Waals surface area contributed by atoms with Crippen molar-refractivity contribution in [2.45, 2.75) is 85.5 Å². The number of halogens is 1. The lowest BCUT2D eigenvalue weighted by Crippen LogP contribution is -2.57. The first-order chi connectivity index (χ1) is 13.2. The van der Waals surface area contributed by atoms with Gasteiger partial charge in [-0.1, -0.05) is 13.8 Å². The molecule has 0 aliphatic heterocycles. The van der Waals surface area contributed by atoms with E-state index in [1.54, 1.807) is 6.33 Å². The van der Waals surface area contributed by atoms with Crippen LogP contribution < -0.4 is 16.0 Å². The van der Waals surface area contributed by atoms with E-state index in [0.717, 1.165) is 31.8 Å². The molecule has 0 aliphatic carbocycles. The minimum absolute atomic E-state index is 0. The molecule has 10 heteroatoms. The fraction of sp³-hybridized carbons (Fsp3) is 0.789. The van der Waals surface area contributed by atoms with Crippen LogP contribution in [0.4, 0.5) is 4.79 Å². The lowest BCUT2D eigenvalue weighted by atomic mass is 9.93. The quantitative estimate of drug-likeness (QED) is 0.261. The van der Waals surface area contributed by atoms with Crippen molar-refractivity contribution < 1.29 is 9.53 Å². The van der Waals surface area contributed by atoms with Gasteiger partial charge in [-0.2, -0.15) is 0 Å². The number of guanidine groups is 1. The van der Waals surface area contributed by atoms with E-state index < -0.39 is 17.2 Å². The Bertz CT molecular complexity index is 637. The summed E-state index contributed by atoms with van der Waals surface area (Å²) in [7, 11) is 0. The van der Waals surface area contributed by atoms with Crippen molar-refractivity contribution in [3.8, 4) is 0 Å². The lowest BCUT2D eigenvalue weighted by Gasteiger charge is -2.34. The number of aliphatic imine (C=N–C) groups is 1. The number of hydrogen-bond donors (Lipinski definition) is 3. The lowest BCUT2D eigenvalue weighted by molar-refractivity contribution is 0.0448. The van der Waals surface area contributed by atoms with Crippen molar-refractivity contribution in [3.63, 3.8) is 0 Å². The normalized spacial score (nSPS) is 12.2. The number of nitrogens with zero attached hydrogens (tertiary/aromatic N) is 4. The van der Waals surface area contributed by atoms with E-state index >= 15 is 0 Å². The van der Waals surface area contributed by atoms with Crippen molar-refractivity contribution >= 4 is 36.0 Å². The van der Waals surface area contributed by atoms with Gasteiger partial charge >= 0.3 is 6.09 Å². The molecule has 0 radical (unpaired) electrons. The van der Waals surface area contributed by atoms with Gasteiger partial charge in [-0.05, 0) is 47.5 Å². The summed E-state index contributed by atoms with van der Waals surface area (Å²) in [6.45, 7) is 16.2. The van der Waals surface area contributed by atoms with Crippen LogP contribution >= 0.6 is 24.0 Å². The highest BCUT2D eigenvalue weighted by Crippen LogP contribution is 2.16. The molecule has 3 N–H and O–H groups in total. The average Bonchev–Trinajstić information content (AvgIpc) is 3.08. The maximum atomic E-state index is 12.3. The zero-order valence-electron chi connectivity index (χ0n) is 18.8. The Morgan fingerprint density at radius 2 is 1.83 bits per heavy atom. The molecule has 0 bridgehead atoms. The first-order valence-electron chi connectivity index (χ1n) is 10.1. The Morgan fingerprint density at radius 3 is 2.34 bits per heavy atom. The van der Waals surface area contributed by atoms with Gasteiger partial charge in [-0.15, -0.1) is 34.2 Å². The van der Waals surface area contributed by atoms with Gasteiger partial charge in [-0.25, -0.2) is 9.79 Å². The summed E-state index contributed by atoms with van der Waals surface area (Å²) in [5.74, 6) is 1.48. The number of hydrogen-bond acceptors (Lipinski definition) is 5. The van der Waals surface area contributed by atoms with Crippen molar-refractivity contribution in [2.24, 2.45) is 4.99 Å². The summed E-state index contributed by atoms with van der Waals surface area (Å²) in [6.07, 6.45) is 2.82. The van der Waals surface area contributed by atoms with E-state index in [1.165, 1.54) is 0 Å². The predicted molar refractivity (Wildman–Crippen MR) is 127 cm³/mol. The minimum Gasteiger partial charge on any atom is -0.444 e. The monoisotopic (exact) mass is 523 g/mol. The molecule has 1 heterocycles. The first-order valence-corrected chi connectivity index (χ1v) is 10.1. The van der Waals surface area contributed by atoms with Gasteiger partial charge in [0.15, 0.2) is 11.8 Å². The summed E-state index contributed by atoms with van der Waals surface area (Å²) in [5.41, 5.74) is -0.960. The maximum absolute atomic E-state index is 12.3. The number of ether oxygens (including phenoxy) is 1. The van der Waals surface area contributed by atoms with Gasteiger partial charge < -0.3 is 25.3 Å². The molecule has 1 aromatic rings. The van der Waals surface area contributed by atoms with E-state index in [0.29, 0.717) is 19.0 Å². The molecule has 0 fully saturated rings. The van der Waals surface area contributed by atoms with E-state index in [2.05, 4.69) is 45.0 Å². The van der Waals surface area contributed by atoms with Gasteiger partial charge in [0.05, 0.1) is 5.54 Å². The average molecular weight is 523 g/mol. The number of carbonyl (C=O) groups excluding carboxylic acids is 1. The SMILES string of the molecule is CCNC(=NCc1nncn1CC)NCC(CC)(CC)NC(=O)OC(C)(C)C.I. The Morgan fingerprint density at radius 1 is 1.17 bits per heavy atom. The number of alkyl carbamates (subject to hydrolysis) is 1. The van der Waals surface area contributed by atoms with E-state index in [9.17, 15) is 4.79 Å². The number of nitrogens with one attached hydrogen (secondary N) is 3. The van der Waals surface area contributed by atoms with Crippen LogP contribution in [0, 0.1) is 0 Å². The molecule has 0 saturated carbocycles. The maximum Gasteiger partial charge on any atom is 0.408 e. The van der Waals surface area contributed by atoms with Gasteiger partial charge in [0.2, 0.25) is 0 Å².